The third-order valence-corrected chi connectivity index (χ3v) is 9.49. The summed E-state index contributed by atoms with van der Waals surface area (Å²) in [6.07, 6.45) is 0.0847. The topological polar surface area (TPSA) is 137 Å². The van der Waals surface area contributed by atoms with E-state index in [-0.39, 0.29) is 30.8 Å². The summed E-state index contributed by atoms with van der Waals surface area (Å²) in [6.45, 7) is 7.46. The number of hydrogen-bond acceptors (Lipinski definition) is 7. The number of aliphatic imine (C=N–C) groups is 1. The number of carboxylic acids is 1. The standard InChI is InChI=1S/C43H48N4O6/c1-29(2)37-28-53-43(52)47(37)39(49)26-35(32-17-9-5-10-18-32)41(42(50)51)46-40(33-19-11-6-12-20-33)34-21-13-14-22-36(34)45-38(48)25-30(3)23-24-44-27-31-15-7-4-8-16-31/h4-22,29-30,35,37,41,44H,23-28H2,1-3H3,(H,45,48)(H,50,51)/t30-,35+,37+,41-/m0/s1. The average molecular weight is 717 g/mol. The number of imide groups is 1. The first kappa shape index (κ1) is 38.6. The van der Waals surface area contributed by atoms with Gasteiger partial charge in [0.2, 0.25) is 11.8 Å². The molecule has 276 valence electrons. The smallest absolute Gasteiger partial charge is 0.416 e. The van der Waals surface area contributed by atoms with Crippen molar-refractivity contribution in [2.75, 3.05) is 18.5 Å². The minimum absolute atomic E-state index is 0.0513. The van der Waals surface area contributed by atoms with Crippen LogP contribution in [0.3, 0.4) is 0 Å². The van der Waals surface area contributed by atoms with E-state index in [1.165, 1.54) is 5.56 Å². The molecule has 0 spiro atoms. The van der Waals surface area contributed by atoms with Crippen LogP contribution >= 0.6 is 0 Å². The number of cyclic esters (lactones) is 1. The lowest BCUT2D eigenvalue weighted by molar-refractivity contribution is -0.139. The number of carbonyl (C=O) groups excluding carboxylic acids is 3. The monoisotopic (exact) mass is 716 g/mol. The van der Waals surface area contributed by atoms with Crippen molar-refractivity contribution in [2.45, 2.75) is 64.6 Å². The molecule has 0 unspecified atom stereocenters. The lowest BCUT2D eigenvalue weighted by Crippen LogP contribution is -2.43. The molecule has 0 saturated carbocycles. The highest BCUT2D eigenvalue weighted by Gasteiger charge is 2.42. The van der Waals surface area contributed by atoms with Gasteiger partial charge in [-0.2, -0.15) is 0 Å². The Hall–Kier alpha value is -5.61. The fourth-order valence-corrected chi connectivity index (χ4v) is 6.56. The predicted octanol–water partition coefficient (Wildman–Crippen LogP) is 7.30. The number of carbonyl (C=O) groups is 4. The number of benzene rings is 4. The number of amides is 3. The van der Waals surface area contributed by atoms with E-state index in [2.05, 4.69) is 22.8 Å². The number of nitrogens with one attached hydrogen (secondary N) is 2. The average Bonchev–Trinajstić information content (AvgIpc) is 3.56. The Kier molecular flexibility index (Phi) is 13.7. The lowest BCUT2D eigenvalue weighted by atomic mass is 9.87. The summed E-state index contributed by atoms with van der Waals surface area (Å²) in [6, 6.07) is 33.5. The molecular weight excluding hydrogens is 668 g/mol. The van der Waals surface area contributed by atoms with Crippen LogP contribution in [0.5, 0.6) is 0 Å². The Balaban J connectivity index is 1.42. The second-order valence-corrected chi connectivity index (χ2v) is 13.9. The lowest BCUT2D eigenvalue weighted by Gasteiger charge is -2.27. The summed E-state index contributed by atoms with van der Waals surface area (Å²) < 4.78 is 5.23. The maximum absolute atomic E-state index is 13.9. The van der Waals surface area contributed by atoms with Gasteiger partial charge in [0.05, 0.1) is 17.4 Å². The number of anilines is 1. The van der Waals surface area contributed by atoms with Crippen LogP contribution in [0.1, 0.15) is 68.2 Å². The van der Waals surface area contributed by atoms with Gasteiger partial charge in [0.1, 0.15) is 6.61 Å². The van der Waals surface area contributed by atoms with Gasteiger partial charge in [0.15, 0.2) is 6.04 Å². The molecule has 0 bridgehead atoms. The summed E-state index contributed by atoms with van der Waals surface area (Å²) in [4.78, 5) is 59.2. The molecule has 1 aliphatic rings. The number of ether oxygens (including phenoxy) is 1. The van der Waals surface area contributed by atoms with Crippen LogP contribution in [0.2, 0.25) is 0 Å². The molecule has 4 aromatic rings. The Morgan fingerprint density at radius 3 is 2.13 bits per heavy atom. The molecule has 0 aliphatic carbocycles. The van der Waals surface area contributed by atoms with E-state index in [9.17, 15) is 24.3 Å². The number of rotatable bonds is 17. The van der Waals surface area contributed by atoms with E-state index in [1.54, 1.807) is 42.5 Å². The zero-order valence-electron chi connectivity index (χ0n) is 30.5. The van der Waals surface area contributed by atoms with E-state index >= 15 is 0 Å². The molecule has 3 N–H and O–H groups in total. The van der Waals surface area contributed by atoms with Crippen molar-refractivity contribution in [3.8, 4) is 0 Å². The molecule has 4 atom stereocenters. The number of hydrogen-bond donors (Lipinski definition) is 3. The maximum Gasteiger partial charge on any atom is 0.416 e. The summed E-state index contributed by atoms with van der Waals surface area (Å²) in [5, 5.41) is 17.3. The zero-order valence-corrected chi connectivity index (χ0v) is 30.5. The van der Waals surface area contributed by atoms with Crippen LogP contribution in [-0.4, -0.2) is 64.8 Å². The number of nitrogens with zero attached hydrogens (tertiary/aromatic N) is 2. The Labute approximate surface area is 311 Å². The number of carboxylic acid groups (broad SMARTS) is 1. The van der Waals surface area contributed by atoms with Gasteiger partial charge < -0.3 is 20.5 Å². The zero-order chi connectivity index (χ0) is 37.7. The van der Waals surface area contributed by atoms with Crippen molar-refractivity contribution < 1.29 is 29.0 Å². The van der Waals surface area contributed by atoms with E-state index in [0.717, 1.165) is 24.4 Å². The highest BCUT2D eigenvalue weighted by atomic mass is 16.6. The third kappa shape index (κ3) is 10.5. The molecule has 1 heterocycles. The fourth-order valence-electron chi connectivity index (χ4n) is 6.56. The molecule has 10 nitrogen and oxygen atoms in total. The quantitative estimate of drug-likeness (QED) is 0.0771. The van der Waals surface area contributed by atoms with Gasteiger partial charge in [0.25, 0.3) is 0 Å². The normalized spacial score (nSPS) is 16.2. The summed E-state index contributed by atoms with van der Waals surface area (Å²) >= 11 is 0. The number of para-hydroxylation sites is 1. The van der Waals surface area contributed by atoms with E-state index in [1.807, 2.05) is 81.4 Å². The van der Waals surface area contributed by atoms with Gasteiger partial charge in [-0.25, -0.2) is 14.5 Å². The SMILES string of the molecule is CC(C)[C@H]1COC(=O)N1C(=O)C[C@H](c1ccccc1)[C@H](N=C(c1ccccc1)c1ccccc1NC(=O)C[C@@H](C)CCNCc1ccccc1)C(=O)O. The van der Waals surface area contributed by atoms with Crippen molar-refractivity contribution in [3.63, 3.8) is 0 Å². The molecule has 1 saturated heterocycles. The van der Waals surface area contributed by atoms with E-state index in [0.29, 0.717) is 34.5 Å². The summed E-state index contributed by atoms with van der Waals surface area (Å²) in [7, 11) is 0. The van der Waals surface area contributed by atoms with Crippen LogP contribution in [-0.2, 0) is 25.7 Å². The summed E-state index contributed by atoms with van der Waals surface area (Å²) in [5.74, 6) is -2.80. The molecular formula is C43H48N4O6. The summed E-state index contributed by atoms with van der Waals surface area (Å²) in [5.41, 5.74) is 3.81. The van der Waals surface area contributed by atoms with Crippen LogP contribution in [0.25, 0.3) is 0 Å². The first-order chi connectivity index (χ1) is 25.6. The third-order valence-electron chi connectivity index (χ3n) is 9.49. The van der Waals surface area contributed by atoms with E-state index in [4.69, 9.17) is 9.73 Å². The first-order valence-electron chi connectivity index (χ1n) is 18.2. The molecule has 0 radical (unpaired) electrons. The number of aliphatic carboxylic acids is 1. The van der Waals surface area contributed by atoms with E-state index < -0.39 is 36.0 Å². The predicted molar refractivity (Wildman–Crippen MR) is 206 cm³/mol. The van der Waals surface area contributed by atoms with Crippen molar-refractivity contribution in [3.05, 3.63) is 138 Å². The minimum Gasteiger partial charge on any atom is -0.480 e. The largest absolute Gasteiger partial charge is 0.480 e. The van der Waals surface area contributed by atoms with Gasteiger partial charge in [0, 0.05) is 36.4 Å². The van der Waals surface area contributed by atoms with Gasteiger partial charge in [-0.3, -0.25) is 14.6 Å². The Morgan fingerprint density at radius 1 is 0.849 bits per heavy atom. The van der Waals surface area contributed by atoms with Crippen molar-refractivity contribution >= 4 is 35.3 Å². The van der Waals surface area contributed by atoms with Crippen molar-refractivity contribution in [2.24, 2.45) is 16.8 Å². The van der Waals surface area contributed by atoms with Gasteiger partial charge in [-0.15, -0.1) is 0 Å². The van der Waals surface area contributed by atoms with Crippen molar-refractivity contribution in [1.82, 2.24) is 10.2 Å². The van der Waals surface area contributed by atoms with Gasteiger partial charge >= 0.3 is 12.1 Å². The maximum atomic E-state index is 13.9. The molecule has 0 aromatic heterocycles. The van der Waals surface area contributed by atoms with Crippen LogP contribution in [0, 0.1) is 11.8 Å². The van der Waals surface area contributed by atoms with Crippen LogP contribution in [0.4, 0.5) is 10.5 Å². The molecule has 1 fully saturated rings. The van der Waals surface area contributed by atoms with Crippen molar-refractivity contribution in [1.29, 1.82) is 0 Å². The van der Waals surface area contributed by atoms with Crippen LogP contribution < -0.4 is 10.6 Å². The fraction of sp³-hybridized carbons (Fsp3) is 0.326. The van der Waals surface area contributed by atoms with Crippen LogP contribution in [0.15, 0.2) is 120 Å². The second kappa shape index (κ2) is 18.8. The molecule has 53 heavy (non-hydrogen) atoms. The highest BCUT2D eigenvalue weighted by Crippen LogP contribution is 2.32. The minimum atomic E-state index is -1.43. The van der Waals surface area contributed by atoms with Gasteiger partial charge in [-0.1, -0.05) is 130 Å². The molecule has 4 aromatic carbocycles. The molecule has 10 heteroatoms. The molecule has 1 aliphatic heterocycles. The molecule has 3 amide bonds. The highest BCUT2D eigenvalue weighted by molar-refractivity contribution is 6.17. The molecule has 5 rings (SSSR count). The second-order valence-electron chi connectivity index (χ2n) is 13.9. The van der Waals surface area contributed by atoms with Gasteiger partial charge in [-0.05, 0) is 42.0 Å². The Bertz CT molecular complexity index is 1870. The first-order valence-corrected chi connectivity index (χ1v) is 18.2. The Morgan fingerprint density at radius 2 is 1.47 bits per heavy atom.